The molecule has 0 aliphatic heterocycles. The molecule has 0 atom stereocenters. The number of hydrogen-bond donors (Lipinski definition) is 2. The topological polar surface area (TPSA) is 79.5 Å². The number of nitrogens with zero attached hydrogens (tertiary/aromatic N) is 2. The van der Waals surface area contributed by atoms with Gasteiger partial charge in [0.05, 0.1) is 13.2 Å². The molecule has 0 spiro atoms. The smallest absolute Gasteiger partial charge is 0.272 e. The Labute approximate surface area is 118 Å². The molecule has 1 heterocycles. The van der Waals surface area contributed by atoms with Crippen LogP contribution in [0.5, 0.6) is 0 Å². The Bertz CT molecular complexity index is 512. The van der Waals surface area contributed by atoms with Crippen molar-refractivity contribution in [2.24, 2.45) is 5.73 Å². The molecule has 3 N–H and O–H groups in total. The lowest BCUT2D eigenvalue weighted by Crippen LogP contribution is -2.45. The van der Waals surface area contributed by atoms with Crippen LogP contribution < -0.4 is 5.73 Å². The van der Waals surface area contributed by atoms with Crippen LogP contribution in [0.15, 0.2) is 18.3 Å². The number of aliphatic hydroxyl groups is 1. The summed E-state index contributed by atoms with van der Waals surface area (Å²) in [5.74, 6) is 5.49. The van der Waals surface area contributed by atoms with Gasteiger partial charge < -0.3 is 15.7 Å². The molecule has 1 aromatic rings. The highest BCUT2D eigenvalue weighted by Gasteiger charge is 2.29. The van der Waals surface area contributed by atoms with Crippen LogP contribution in [0.2, 0.25) is 0 Å². The molecule has 0 saturated heterocycles. The number of carbonyl (C=O) groups excluding carboxylic acids is 1. The summed E-state index contributed by atoms with van der Waals surface area (Å²) in [5, 5.41) is 9.10. The van der Waals surface area contributed by atoms with Crippen LogP contribution >= 0.6 is 0 Å². The first-order valence-corrected chi connectivity index (χ1v) is 6.83. The molecule has 20 heavy (non-hydrogen) atoms. The van der Waals surface area contributed by atoms with Gasteiger partial charge in [0.15, 0.2) is 0 Å². The van der Waals surface area contributed by atoms with Crippen molar-refractivity contribution in [2.75, 3.05) is 19.7 Å². The fraction of sp³-hybridized carbons (Fsp3) is 0.467. The van der Waals surface area contributed by atoms with Gasteiger partial charge in [-0.25, -0.2) is 4.98 Å². The van der Waals surface area contributed by atoms with Gasteiger partial charge in [0, 0.05) is 24.3 Å². The second-order valence-corrected chi connectivity index (χ2v) is 4.74. The van der Waals surface area contributed by atoms with Gasteiger partial charge in [0.1, 0.15) is 5.69 Å². The third kappa shape index (κ3) is 3.35. The summed E-state index contributed by atoms with van der Waals surface area (Å²) in [4.78, 5) is 18.3. The van der Waals surface area contributed by atoms with Gasteiger partial charge >= 0.3 is 0 Å². The van der Waals surface area contributed by atoms with Crippen molar-refractivity contribution in [3.8, 4) is 11.8 Å². The molecule has 5 heteroatoms. The van der Waals surface area contributed by atoms with E-state index in [2.05, 4.69) is 16.8 Å². The summed E-state index contributed by atoms with van der Waals surface area (Å²) in [5.41, 5.74) is 6.44. The largest absolute Gasteiger partial charge is 0.395 e. The van der Waals surface area contributed by atoms with Crippen molar-refractivity contribution in [3.63, 3.8) is 0 Å². The predicted molar refractivity (Wildman–Crippen MR) is 75.9 cm³/mol. The molecule has 2 rings (SSSR count). The maximum Gasteiger partial charge on any atom is 0.272 e. The average Bonchev–Trinajstić information content (AvgIpc) is 2.42. The van der Waals surface area contributed by atoms with Gasteiger partial charge in [-0.1, -0.05) is 11.8 Å². The Hall–Kier alpha value is -1.90. The lowest BCUT2D eigenvalue weighted by molar-refractivity contribution is 0.0520. The van der Waals surface area contributed by atoms with Crippen molar-refractivity contribution in [3.05, 3.63) is 29.6 Å². The Balaban J connectivity index is 2.10. The molecule has 1 aliphatic carbocycles. The summed E-state index contributed by atoms with van der Waals surface area (Å²) in [6.07, 6.45) is 4.73. The first kappa shape index (κ1) is 14.5. The molecular formula is C15H19N3O2. The zero-order valence-electron chi connectivity index (χ0n) is 11.4. The molecule has 0 aromatic carbocycles. The maximum atomic E-state index is 12.4. The van der Waals surface area contributed by atoms with E-state index in [0.29, 0.717) is 18.8 Å². The summed E-state index contributed by atoms with van der Waals surface area (Å²) in [6, 6.07) is 3.68. The van der Waals surface area contributed by atoms with Gasteiger partial charge in [-0.05, 0) is 31.4 Å². The predicted octanol–water partition coefficient (Wildman–Crippen LogP) is 0.379. The third-order valence-electron chi connectivity index (χ3n) is 3.43. The Morgan fingerprint density at radius 2 is 2.30 bits per heavy atom. The number of rotatable bonds is 4. The van der Waals surface area contributed by atoms with Crippen LogP contribution in [0.3, 0.4) is 0 Å². The van der Waals surface area contributed by atoms with Crippen LogP contribution in [0.1, 0.15) is 35.3 Å². The minimum atomic E-state index is -0.123. The Morgan fingerprint density at radius 3 is 2.80 bits per heavy atom. The quantitative estimate of drug-likeness (QED) is 0.777. The molecule has 1 fully saturated rings. The van der Waals surface area contributed by atoms with E-state index in [1.165, 1.54) is 0 Å². The molecule has 1 aliphatic rings. The first-order valence-electron chi connectivity index (χ1n) is 6.83. The van der Waals surface area contributed by atoms with E-state index >= 15 is 0 Å². The summed E-state index contributed by atoms with van der Waals surface area (Å²) < 4.78 is 0. The second kappa shape index (κ2) is 7.04. The molecule has 5 nitrogen and oxygen atoms in total. The van der Waals surface area contributed by atoms with E-state index in [1.54, 1.807) is 23.2 Å². The second-order valence-electron chi connectivity index (χ2n) is 4.74. The van der Waals surface area contributed by atoms with Crippen molar-refractivity contribution in [1.29, 1.82) is 0 Å². The zero-order chi connectivity index (χ0) is 14.4. The fourth-order valence-corrected chi connectivity index (χ4v) is 2.15. The van der Waals surface area contributed by atoms with Gasteiger partial charge in [-0.2, -0.15) is 0 Å². The zero-order valence-corrected chi connectivity index (χ0v) is 11.4. The molecular weight excluding hydrogens is 254 g/mol. The van der Waals surface area contributed by atoms with Crippen molar-refractivity contribution >= 4 is 5.91 Å². The van der Waals surface area contributed by atoms with Crippen LogP contribution in [-0.4, -0.2) is 46.6 Å². The summed E-state index contributed by atoms with van der Waals surface area (Å²) >= 11 is 0. The number of aliphatic hydroxyl groups excluding tert-OH is 1. The highest BCUT2D eigenvalue weighted by Crippen LogP contribution is 2.25. The number of nitrogens with two attached hydrogens (primary N) is 1. The van der Waals surface area contributed by atoms with E-state index in [-0.39, 0.29) is 18.6 Å². The number of amides is 1. The van der Waals surface area contributed by atoms with Crippen molar-refractivity contribution < 1.29 is 9.90 Å². The van der Waals surface area contributed by atoms with Gasteiger partial charge in [0.2, 0.25) is 0 Å². The molecule has 0 bridgehead atoms. The van der Waals surface area contributed by atoms with E-state index in [0.717, 1.165) is 24.8 Å². The van der Waals surface area contributed by atoms with Crippen molar-refractivity contribution in [1.82, 2.24) is 9.88 Å². The number of pyridine rings is 1. The van der Waals surface area contributed by atoms with Gasteiger partial charge in [-0.15, -0.1) is 0 Å². The molecule has 1 saturated carbocycles. The normalized spacial score (nSPS) is 14.1. The molecule has 106 valence electrons. The van der Waals surface area contributed by atoms with E-state index in [4.69, 9.17) is 10.8 Å². The van der Waals surface area contributed by atoms with E-state index in [9.17, 15) is 4.79 Å². The third-order valence-corrected chi connectivity index (χ3v) is 3.43. The van der Waals surface area contributed by atoms with Crippen LogP contribution in [0.25, 0.3) is 0 Å². The highest BCUT2D eigenvalue weighted by molar-refractivity contribution is 5.92. The van der Waals surface area contributed by atoms with Crippen LogP contribution in [0.4, 0.5) is 0 Å². The van der Waals surface area contributed by atoms with E-state index < -0.39 is 0 Å². The SMILES string of the molecule is NCC#Cc1ccc(C(=O)N(CCO)C2CCC2)nc1. The fourth-order valence-electron chi connectivity index (χ4n) is 2.15. The van der Waals surface area contributed by atoms with Crippen molar-refractivity contribution in [2.45, 2.75) is 25.3 Å². The average molecular weight is 273 g/mol. The lowest BCUT2D eigenvalue weighted by atomic mass is 9.91. The molecule has 1 amide bonds. The maximum absolute atomic E-state index is 12.4. The molecule has 0 unspecified atom stereocenters. The summed E-state index contributed by atoms with van der Waals surface area (Å²) in [6.45, 7) is 0.634. The standard InChI is InChI=1S/C15H19N3O2/c16-8-2-3-12-6-7-14(17-11-12)15(20)18(9-10-19)13-4-1-5-13/h6-7,11,13,19H,1,4-5,8-10,16H2. The summed E-state index contributed by atoms with van der Waals surface area (Å²) in [7, 11) is 0. The highest BCUT2D eigenvalue weighted by atomic mass is 16.3. The van der Waals surface area contributed by atoms with Crippen LogP contribution in [0, 0.1) is 11.8 Å². The van der Waals surface area contributed by atoms with Crippen LogP contribution in [-0.2, 0) is 0 Å². The Morgan fingerprint density at radius 1 is 1.50 bits per heavy atom. The minimum absolute atomic E-state index is 0.0255. The van der Waals surface area contributed by atoms with E-state index in [1.807, 2.05) is 0 Å². The van der Waals surface area contributed by atoms with Gasteiger partial charge in [-0.3, -0.25) is 4.79 Å². The Kier molecular flexibility index (Phi) is 5.10. The molecule has 0 radical (unpaired) electrons. The monoisotopic (exact) mass is 273 g/mol. The number of hydrogen-bond acceptors (Lipinski definition) is 4. The number of carbonyl (C=O) groups is 1. The number of aromatic nitrogens is 1. The first-order chi connectivity index (χ1) is 9.76. The lowest BCUT2D eigenvalue weighted by Gasteiger charge is -2.37. The van der Waals surface area contributed by atoms with Gasteiger partial charge in [0.25, 0.3) is 5.91 Å². The molecule has 1 aromatic heterocycles. The minimum Gasteiger partial charge on any atom is -0.395 e.